The van der Waals surface area contributed by atoms with Crippen LogP contribution in [0.4, 0.5) is 0 Å². The smallest absolute Gasteiger partial charge is 0.261 e. The summed E-state index contributed by atoms with van der Waals surface area (Å²) in [6.45, 7) is 2.43. The van der Waals surface area contributed by atoms with Crippen molar-refractivity contribution in [1.82, 2.24) is 14.9 Å². The lowest BCUT2D eigenvalue weighted by Gasteiger charge is -2.13. The zero-order valence-electron chi connectivity index (χ0n) is 16.2. The van der Waals surface area contributed by atoms with Gasteiger partial charge in [-0.3, -0.25) is 14.5 Å². The number of hydrogen-bond acceptors (Lipinski definition) is 6. The van der Waals surface area contributed by atoms with Gasteiger partial charge in [-0.15, -0.1) is 23.1 Å². The van der Waals surface area contributed by atoms with Crippen LogP contribution >= 0.6 is 23.1 Å². The summed E-state index contributed by atoms with van der Waals surface area (Å²) in [6.07, 6.45) is 5.26. The van der Waals surface area contributed by atoms with Gasteiger partial charge in [-0.2, -0.15) is 0 Å². The third kappa shape index (κ3) is 3.26. The van der Waals surface area contributed by atoms with E-state index in [1.165, 1.54) is 33.6 Å². The van der Waals surface area contributed by atoms with E-state index in [4.69, 9.17) is 4.98 Å². The fourth-order valence-electron chi connectivity index (χ4n) is 4.15. The molecule has 0 saturated heterocycles. The number of thioether (sulfide) groups is 1. The Hall–Kier alpha value is -2.25. The number of fused-ring (bicyclic) bond motifs is 4. The second-order valence-electron chi connectivity index (χ2n) is 7.48. The van der Waals surface area contributed by atoms with Crippen molar-refractivity contribution >= 4 is 45.1 Å². The van der Waals surface area contributed by atoms with E-state index in [-0.39, 0.29) is 11.8 Å². The van der Waals surface area contributed by atoms with E-state index in [0.717, 1.165) is 40.7 Å². The van der Waals surface area contributed by atoms with E-state index >= 15 is 0 Å². The summed E-state index contributed by atoms with van der Waals surface area (Å²) in [7, 11) is 0. The number of thiophene rings is 1. The standard InChI is InChI=1S/C22H21N3O2S2/c1-13-23-19(18-16-9-6-10-17(16)29-20(18)24-13)28-12-5-4-11-25-21(26)14-7-2-3-8-15(14)22(25)27/h2-3,7-8H,4-6,9-12H2,1H3. The fourth-order valence-corrected chi connectivity index (χ4v) is 6.63. The SMILES string of the molecule is Cc1nc(SCCCCN2C(=O)c3ccccc3C2=O)c2c3c(sc2n1)CCC3. The van der Waals surface area contributed by atoms with Crippen molar-refractivity contribution in [2.24, 2.45) is 0 Å². The van der Waals surface area contributed by atoms with Gasteiger partial charge < -0.3 is 0 Å². The Morgan fingerprint density at radius 3 is 2.59 bits per heavy atom. The minimum Gasteiger partial charge on any atom is -0.274 e. The molecule has 2 aliphatic rings. The normalized spacial score (nSPS) is 15.4. The topological polar surface area (TPSA) is 63.2 Å². The van der Waals surface area contributed by atoms with Crippen LogP contribution in [0.15, 0.2) is 29.3 Å². The maximum atomic E-state index is 12.4. The number of unbranched alkanes of at least 4 members (excludes halogenated alkanes) is 1. The summed E-state index contributed by atoms with van der Waals surface area (Å²) in [5.41, 5.74) is 2.51. The maximum absolute atomic E-state index is 12.4. The van der Waals surface area contributed by atoms with Gasteiger partial charge in [-0.25, -0.2) is 9.97 Å². The van der Waals surface area contributed by atoms with Crippen molar-refractivity contribution in [1.29, 1.82) is 0 Å². The Morgan fingerprint density at radius 2 is 1.83 bits per heavy atom. The van der Waals surface area contributed by atoms with Gasteiger partial charge in [0.25, 0.3) is 11.8 Å². The summed E-state index contributed by atoms with van der Waals surface area (Å²) < 4.78 is 0. The Morgan fingerprint density at radius 1 is 1.07 bits per heavy atom. The van der Waals surface area contributed by atoms with Gasteiger partial charge in [0.05, 0.1) is 11.1 Å². The number of carbonyl (C=O) groups excluding carboxylic acids is 2. The van der Waals surface area contributed by atoms with Gasteiger partial charge in [-0.05, 0) is 62.5 Å². The number of imide groups is 1. The largest absolute Gasteiger partial charge is 0.274 e. The number of hydrogen-bond donors (Lipinski definition) is 0. The molecule has 1 aliphatic heterocycles. The molecular formula is C22H21N3O2S2. The van der Waals surface area contributed by atoms with Crippen molar-refractivity contribution in [2.75, 3.05) is 12.3 Å². The van der Waals surface area contributed by atoms with E-state index in [9.17, 15) is 9.59 Å². The summed E-state index contributed by atoms with van der Waals surface area (Å²) in [4.78, 5) is 38.2. The Kier molecular flexibility index (Phi) is 4.87. The lowest BCUT2D eigenvalue weighted by atomic mass is 10.1. The lowest BCUT2D eigenvalue weighted by molar-refractivity contribution is 0.0652. The predicted molar refractivity (Wildman–Crippen MR) is 116 cm³/mol. The average molecular weight is 424 g/mol. The van der Waals surface area contributed by atoms with Crippen LogP contribution in [0, 0.1) is 6.92 Å². The second-order valence-corrected chi connectivity index (χ2v) is 9.64. The van der Waals surface area contributed by atoms with Gasteiger partial charge >= 0.3 is 0 Å². The molecule has 148 valence electrons. The van der Waals surface area contributed by atoms with E-state index < -0.39 is 0 Å². The molecule has 7 heteroatoms. The first-order chi connectivity index (χ1) is 14.1. The summed E-state index contributed by atoms with van der Waals surface area (Å²) in [6, 6.07) is 7.06. The van der Waals surface area contributed by atoms with Crippen molar-refractivity contribution in [2.45, 2.75) is 44.1 Å². The third-order valence-corrected chi connectivity index (χ3v) is 7.78. The van der Waals surface area contributed by atoms with Crippen LogP contribution in [-0.4, -0.2) is 39.0 Å². The Labute approximate surface area is 177 Å². The second kappa shape index (κ2) is 7.54. The highest BCUT2D eigenvalue weighted by atomic mass is 32.2. The Balaban J connectivity index is 1.21. The highest BCUT2D eigenvalue weighted by Crippen LogP contribution is 2.40. The minimum absolute atomic E-state index is 0.166. The minimum atomic E-state index is -0.166. The molecule has 5 rings (SSSR count). The predicted octanol–water partition coefficient (Wildman–Crippen LogP) is 4.66. The third-order valence-electron chi connectivity index (χ3n) is 5.54. The van der Waals surface area contributed by atoms with Gasteiger partial charge in [0, 0.05) is 16.8 Å². The molecule has 2 aromatic heterocycles. The van der Waals surface area contributed by atoms with Gasteiger partial charge in [0.2, 0.25) is 0 Å². The first kappa shape index (κ1) is 18.8. The molecule has 5 nitrogen and oxygen atoms in total. The monoisotopic (exact) mass is 423 g/mol. The van der Waals surface area contributed by atoms with Crippen LogP contribution < -0.4 is 0 Å². The Bertz CT molecular complexity index is 1100. The molecule has 2 amide bonds. The number of aryl methyl sites for hydroxylation is 3. The molecular weight excluding hydrogens is 402 g/mol. The number of benzene rings is 1. The van der Waals surface area contributed by atoms with Crippen LogP contribution in [0.2, 0.25) is 0 Å². The maximum Gasteiger partial charge on any atom is 0.261 e. The van der Waals surface area contributed by atoms with Crippen molar-refractivity contribution < 1.29 is 9.59 Å². The molecule has 3 aromatic rings. The molecule has 0 spiro atoms. The van der Waals surface area contributed by atoms with E-state index in [0.29, 0.717) is 17.7 Å². The highest BCUT2D eigenvalue weighted by molar-refractivity contribution is 7.99. The van der Waals surface area contributed by atoms with E-state index in [1.807, 2.05) is 18.3 Å². The number of amides is 2. The van der Waals surface area contributed by atoms with Crippen LogP contribution in [0.5, 0.6) is 0 Å². The quantitative estimate of drug-likeness (QED) is 0.250. The molecule has 0 saturated carbocycles. The van der Waals surface area contributed by atoms with Crippen LogP contribution in [0.3, 0.4) is 0 Å². The highest BCUT2D eigenvalue weighted by Gasteiger charge is 2.34. The lowest BCUT2D eigenvalue weighted by Crippen LogP contribution is -2.30. The first-order valence-electron chi connectivity index (χ1n) is 10.0. The fraction of sp³-hybridized carbons (Fsp3) is 0.364. The van der Waals surface area contributed by atoms with Crippen molar-refractivity contribution in [3.63, 3.8) is 0 Å². The van der Waals surface area contributed by atoms with Gasteiger partial charge in [-0.1, -0.05) is 12.1 Å². The summed E-state index contributed by atoms with van der Waals surface area (Å²) in [5.74, 6) is 1.41. The molecule has 3 heterocycles. The van der Waals surface area contributed by atoms with Gasteiger partial charge in [0.15, 0.2) is 0 Å². The number of nitrogens with zero attached hydrogens (tertiary/aromatic N) is 3. The molecule has 0 unspecified atom stereocenters. The number of rotatable bonds is 6. The van der Waals surface area contributed by atoms with Gasteiger partial charge in [0.1, 0.15) is 15.7 Å². The molecule has 0 atom stereocenters. The number of aromatic nitrogens is 2. The average Bonchev–Trinajstić information content (AvgIpc) is 3.36. The molecule has 29 heavy (non-hydrogen) atoms. The van der Waals surface area contributed by atoms with Crippen LogP contribution in [0.1, 0.15) is 56.2 Å². The molecule has 0 radical (unpaired) electrons. The van der Waals surface area contributed by atoms with Crippen molar-refractivity contribution in [3.05, 3.63) is 51.7 Å². The van der Waals surface area contributed by atoms with E-state index in [2.05, 4.69) is 4.98 Å². The van der Waals surface area contributed by atoms with Crippen molar-refractivity contribution in [3.8, 4) is 0 Å². The van der Waals surface area contributed by atoms with Crippen LogP contribution in [-0.2, 0) is 12.8 Å². The van der Waals surface area contributed by atoms with E-state index in [1.54, 1.807) is 36.0 Å². The molecule has 0 fully saturated rings. The summed E-state index contributed by atoms with van der Waals surface area (Å²) >= 11 is 3.60. The zero-order chi connectivity index (χ0) is 20.0. The molecule has 0 N–H and O–H groups in total. The molecule has 0 bridgehead atoms. The molecule has 1 aliphatic carbocycles. The van der Waals surface area contributed by atoms with Crippen LogP contribution in [0.25, 0.3) is 10.2 Å². The zero-order valence-corrected chi connectivity index (χ0v) is 17.9. The number of carbonyl (C=O) groups is 2. The first-order valence-corrected chi connectivity index (χ1v) is 11.8. The summed E-state index contributed by atoms with van der Waals surface area (Å²) in [5, 5.41) is 2.35. The molecule has 1 aromatic carbocycles.